The number of carboxylic acids is 1. The SMILES string of the molecule is Cc1ncc(Cn2nc(C(=O)O)cc2C)cn1. The summed E-state index contributed by atoms with van der Waals surface area (Å²) in [6.07, 6.45) is 3.42. The minimum atomic E-state index is -1.02. The third-order valence-corrected chi connectivity index (χ3v) is 2.37. The monoisotopic (exact) mass is 232 g/mol. The summed E-state index contributed by atoms with van der Waals surface area (Å²) in [6, 6.07) is 1.54. The van der Waals surface area contributed by atoms with Gasteiger partial charge in [0.25, 0.3) is 0 Å². The predicted octanol–water partition coefficient (Wildman–Crippen LogP) is 1.04. The van der Waals surface area contributed by atoms with Crippen LogP contribution in [0.25, 0.3) is 0 Å². The Bertz CT molecular complexity index is 545. The molecule has 0 aromatic carbocycles. The van der Waals surface area contributed by atoms with Crippen molar-refractivity contribution in [1.82, 2.24) is 19.7 Å². The molecule has 0 fully saturated rings. The Labute approximate surface area is 98.0 Å². The van der Waals surface area contributed by atoms with Crippen LogP contribution in [-0.2, 0) is 6.54 Å². The first kappa shape index (κ1) is 11.3. The molecule has 1 N–H and O–H groups in total. The first-order valence-electron chi connectivity index (χ1n) is 5.11. The van der Waals surface area contributed by atoms with E-state index >= 15 is 0 Å². The predicted molar refractivity (Wildman–Crippen MR) is 59.8 cm³/mol. The van der Waals surface area contributed by atoms with Crippen molar-refractivity contribution in [3.8, 4) is 0 Å². The zero-order valence-electron chi connectivity index (χ0n) is 9.58. The average Bonchev–Trinajstić information content (AvgIpc) is 2.64. The summed E-state index contributed by atoms with van der Waals surface area (Å²) in [4.78, 5) is 18.9. The number of carboxylic acid groups (broad SMARTS) is 1. The van der Waals surface area contributed by atoms with E-state index in [1.165, 1.54) is 6.07 Å². The summed E-state index contributed by atoms with van der Waals surface area (Å²) >= 11 is 0. The number of aryl methyl sites for hydroxylation is 2. The van der Waals surface area contributed by atoms with E-state index in [4.69, 9.17) is 5.11 Å². The van der Waals surface area contributed by atoms with Crippen molar-refractivity contribution in [1.29, 1.82) is 0 Å². The van der Waals surface area contributed by atoms with Crippen molar-refractivity contribution in [2.75, 3.05) is 0 Å². The number of carbonyl (C=O) groups is 1. The van der Waals surface area contributed by atoms with Gasteiger partial charge in [-0.15, -0.1) is 0 Å². The highest BCUT2D eigenvalue weighted by molar-refractivity contribution is 5.85. The Hall–Kier alpha value is -2.24. The van der Waals surface area contributed by atoms with E-state index < -0.39 is 5.97 Å². The van der Waals surface area contributed by atoms with Gasteiger partial charge in [-0.3, -0.25) is 4.68 Å². The fourth-order valence-corrected chi connectivity index (χ4v) is 1.45. The summed E-state index contributed by atoms with van der Waals surface area (Å²) in [5, 5.41) is 12.8. The van der Waals surface area contributed by atoms with Gasteiger partial charge >= 0.3 is 5.97 Å². The molecule has 17 heavy (non-hydrogen) atoms. The third kappa shape index (κ3) is 2.47. The molecule has 0 saturated carbocycles. The lowest BCUT2D eigenvalue weighted by Gasteiger charge is -2.03. The van der Waals surface area contributed by atoms with E-state index in [0.29, 0.717) is 12.4 Å². The Kier molecular flexibility index (Phi) is 2.86. The van der Waals surface area contributed by atoms with Crippen molar-refractivity contribution in [3.05, 3.63) is 41.2 Å². The third-order valence-electron chi connectivity index (χ3n) is 2.37. The molecule has 2 heterocycles. The Morgan fingerprint density at radius 2 is 2.00 bits per heavy atom. The zero-order chi connectivity index (χ0) is 12.4. The molecule has 0 radical (unpaired) electrons. The van der Waals surface area contributed by atoms with Crippen LogP contribution in [0.2, 0.25) is 0 Å². The highest BCUT2D eigenvalue weighted by Crippen LogP contribution is 2.06. The van der Waals surface area contributed by atoms with Crippen LogP contribution in [-0.4, -0.2) is 30.8 Å². The van der Waals surface area contributed by atoms with E-state index in [2.05, 4.69) is 15.1 Å². The first-order valence-corrected chi connectivity index (χ1v) is 5.11. The molecule has 0 unspecified atom stereocenters. The standard InChI is InChI=1S/C11H12N4O2/c1-7-3-10(11(16)17)14-15(7)6-9-4-12-8(2)13-5-9/h3-5H,6H2,1-2H3,(H,16,17). The lowest BCUT2D eigenvalue weighted by atomic mass is 10.3. The van der Waals surface area contributed by atoms with Gasteiger partial charge in [0.05, 0.1) is 6.54 Å². The second kappa shape index (κ2) is 4.32. The molecule has 0 aliphatic carbocycles. The van der Waals surface area contributed by atoms with Gasteiger partial charge in [0.1, 0.15) is 5.82 Å². The molecule has 0 saturated heterocycles. The summed E-state index contributed by atoms with van der Waals surface area (Å²) in [6.45, 7) is 4.10. The van der Waals surface area contributed by atoms with Gasteiger partial charge in [-0.1, -0.05) is 0 Å². The molecule has 0 atom stereocenters. The van der Waals surface area contributed by atoms with Crippen molar-refractivity contribution < 1.29 is 9.90 Å². The zero-order valence-corrected chi connectivity index (χ0v) is 9.58. The normalized spacial score (nSPS) is 10.5. The topological polar surface area (TPSA) is 80.9 Å². The molecule has 2 aromatic rings. The van der Waals surface area contributed by atoms with E-state index in [1.807, 2.05) is 13.8 Å². The maximum Gasteiger partial charge on any atom is 0.356 e. The Morgan fingerprint density at radius 3 is 2.53 bits per heavy atom. The molecule has 0 aliphatic heterocycles. The first-order chi connectivity index (χ1) is 8.06. The number of hydrogen-bond donors (Lipinski definition) is 1. The minimum Gasteiger partial charge on any atom is -0.476 e. The van der Waals surface area contributed by atoms with Crippen molar-refractivity contribution in [2.24, 2.45) is 0 Å². The van der Waals surface area contributed by atoms with Crippen LogP contribution in [0.1, 0.15) is 27.6 Å². The highest BCUT2D eigenvalue weighted by Gasteiger charge is 2.10. The second-order valence-electron chi connectivity index (χ2n) is 3.77. The van der Waals surface area contributed by atoms with Crippen LogP contribution in [0, 0.1) is 13.8 Å². The van der Waals surface area contributed by atoms with E-state index in [9.17, 15) is 4.79 Å². The lowest BCUT2D eigenvalue weighted by Crippen LogP contribution is -2.06. The molecule has 6 heteroatoms. The molecular formula is C11H12N4O2. The summed E-state index contributed by atoms with van der Waals surface area (Å²) in [5.41, 5.74) is 1.73. The Balaban J connectivity index is 2.24. The van der Waals surface area contributed by atoms with Crippen molar-refractivity contribution in [3.63, 3.8) is 0 Å². The molecule has 88 valence electrons. The fraction of sp³-hybridized carbons (Fsp3) is 0.273. The van der Waals surface area contributed by atoms with Gasteiger partial charge in [-0.05, 0) is 19.9 Å². The molecule has 0 amide bonds. The van der Waals surface area contributed by atoms with Crippen LogP contribution < -0.4 is 0 Å². The molecule has 0 spiro atoms. The van der Waals surface area contributed by atoms with Gasteiger partial charge in [0, 0.05) is 23.7 Å². The molecule has 6 nitrogen and oxygen atoms in total. The number of rotatable bonds is 3. The minimum absolute atomic E-state index is 0.0514. The van der Waals surface area contributed by atoms with Crippen molar-refractivity contribution >= 4 is 5.97 Å². The second-order valence-corrected chi connectivity index (χ2v) is 3.77. The van der Waals surface area contributed by atoms with Crippen molar-refractivity contribution in [2.45, 2.75) is 20.4 Å². The fourth-order valence-electron chi connectivity index (χ4n) is 1.45. The lowest BCUT2D eigenvalue weighted by molar-refractivity contribution is 0.0689. The molecule has 0 aliphatic rings. The number of nitrogens with zero attached hydrogens (tertiary/aromatic N) is 4. The molecule has 2 aromatic heterocycles. The van der Waals surface area contributed by atoms with Crippen LogP contribution in [0.15, 0.2) is 18.5 Å². The van der Waals surface area contributed by atoms with Gasteiger partial charge in [-0.25, -0.2) is 14.8 Å². The van der Waals surface area contributed by atoms with E-state index in [0.717, 1.165) is 11.3 Å². The Morgan fingerprint density at radius 1 is 1.35 bits per heavy atom. The maximum absolute atomic E-state index is 10.8. The van der Waals surface area contributed by atoms with Gasteiger partial charge in [0.2, 0.25) is 0 Å². The summed E-state index contributed by atoms with van der Waals surface area (Å²) < 4.78 is 1.62. The van der Waals surface area contributed by atoms with Crippen LogP contribution in [0.3, 0.4) is 0 Å². The smallest absolute Gasteiger partial charge is 0.356 e. The van der Waals surface area contributed by atoms with E-state index in [1.54, 1.807) is 17.1 Å². The summed E-state index contributed by atoms with van der Waals surface area (Å²) in [5.74, 6) is -0.316. The van der Waals surface area contributed by atoms with Gasteiger partial charge in [0.15, 0.2) is 5.69 Å². The summed E-state index contributed by atoms with van der Waals surface area (Å²) in [7, 11) is 0. The van der Waals surface area contributed by atoms with Gasteiger partial charge < -0.3 is 5.11 Å². The molecular weight excluding hydrogens is 220 g/mol. The number of hydrogen-bond acceptors (Lipinski definition) is 4. The average molecular weight is 232 g/mol. The largest absolute Gasteiger partial charge is 0.476 e. The molecule has 0 bridgehead atoms. The van der Waals surface area contributed by atoms with Crippen LogP contribution in [0.4, 0.5) is 0 Å². The maximum atomic E-state index is 10.8. The molecule has 2 rings (SSSR count). The van der Waals surface area contributed by atoms with Gasteiger partial charge in [-0.2, -0.15) is 5.10 Å². The number of aromatic carboxylic acids is 1. The highest BCUT2D eigenvalue weighted by atomic mass is 16.4. The van der Waals surface area contributed by atoms with Crippen LogP contribution >= 0.6 is 0 Å². The quantitative estimate of drug-likeness (QED) is 0.855. The number of aromatic nitrogens is 4. The van der Waals surface area contributed by atoms with E-state index in [-0.39, 0.29) is 5.69 Å². The van der Waals surface area contributed by atoms with Crippen LogP contribution in [0.5, 0.6) is 0 Å².